The number of rotatable bonds is 5. The van der Waals surface area contributed by atoms with Gasteiger partial charge in [0.25, 0.3) is 0 Å². The van der Waals surface area contributed by atoms with E-state index in [1.54, 1.807) is 0 Å². The van der Waals surface area contributed by atoms with Crippen LogP contribution in [-0.2, 0) is 10.2 Å². The highest BCUT2D eigenvalue weighted by Gasteiger charge is 2.32. The molecule has 1 fully saturated rings. The highest BCUT2D eigenvalue weighted by atomic mass is 16.2. The molecule has 1 saturated heterocycles. The Hall–Kier alpha value is -4.31. The molecule has 1 aliphatic heterocycles. The molecule has 1 atom stereocenters. The maximum Gasteiger partial charge on any atom is 0.247 e. The van der Waals surface area contributed by atoms with E-state index >= 15 is 0 Å². The highest BCUT2D eigenvalue weighted by molar-refractivity contribution is 6.12. The number of pyridine rings is 2. The van der Waals surface area contributed by atoms with Crippen LogP contribution in [0.5, 0.6) is 0 Å². The summed E-state index contributed by atoms with van der Waals surface area (Å²) in [5.74, 6) is 0.377. The Kier molecular flexibility index (Phi) is 6.97. The number of benzene rings is 2. The first-order valence-electron chi connectivity index (χ1n) is 14.9. The molecule has 42 heavy (non-hydrogen) atoms. The molecule has 2 aromatic carbocycles. The normalized spacial score (nSPS) is 16.9. The second-order valence-electron chi connectivity index (χ2n) is 13.5. The standard InChI is InChI=1S/C38H39N3O/c1-37(2,3)30-15-9-7-13-28(30)34-19-11-17-32(39-34)25-21-26(23-27(22-25)41-24-36(41)42)33-18-12-20-35(40-33)29-14-8-10-16-31(29)38(4,5)6/h7-13,15-23,29H,14,24H2,1-6H3. The summed E-state index contributed by atoms with van der Waals surface area (Å²) in [6.45, 7) is 14.0. The summed E-state index contributed by atoms with van der Waals surface area (Å²) in [6.07, 6.45) is 7.60. The minimum atomic E-state index is -0.00612. The van der Waals surface area contributed by atoms with Gasteiger partial charge in [0.1, 0.15) is 6.54 Å². The third kappa shape index (κ3) is 5.59. The molecule has 1 amide bonds. The predicted molar refractivity (Wildman–Crippen MR) is 173 cm³/mol. The Labute approximate surface area is 249 Å². The van der Waals surface area contributed by atoms with Gasteiger partial charge in [0.05, 0.1) is 17.1 Å². The fourth-order valence-electron chi connectivity index (χ4n) is 5.99. The second kappa shape index (κ2) is 10.5. The molecule has 0 spiro atoms. The number of hydrogen-bond acceptors (Lipinski definition) is 3. The van der Waals surface area contributed by atoms with E-state index in [-0.39, 0.29) is 22.7 Å². The molecule has 6 rings (SSSR count). The fourth-order valence-corrected chi connectivity index (χ4v) is 5.99. The molecule has 0 N–H and O–H groups in total. The smallest absolute Gasteiger partial charge is 0.247 e. The van der Waals surface area contributed by atoms with E-state index in [0.717, 1.165) is 51.6 Å². The van der Waals surface area contributed by atoms with Gasteiger partial charge in [-0.25, -0.2) is 4.98 Å². The molecule has 1 unspecified atom stereocenters. The maximum atomic E-state index is 12.2. The molecule has 0 bridgehead atoms. The van der Waals surface area contributed by atoms with Gasteiger partial charge in [-0.1, -0.05) is 102 Å². The summed E-state index contributed by atoms with van der Waals surface area (Å²) in [5, 5.41) is 0. The van der Waals surface area contributed by atoms with E-state index < -0.39 is 0 Å². The SMILES string of the molecule is CC(C)(C)C1=CC=CCC1c1cccc(-c2cc(-c3cccc(-c4ccccc4C(C)(C)C)n3)cc(N3CC3=O)c2)n1. The third-order valence-corrected chi connectivity index (χ3v) is 8.22. The zero-order valence-electron chi connectivity index (χ0n) is 25.5. The number of aromatic nitrogens is 2. The molecule has 3 heterocycles. The Bertz CT molecular complexity index is 1730. The summed E-state index contributed by atoms with van der Waals surface area (Å²) in [7, 11) is 0. The van der Waals surface area contributed by atoms with Crippen LogP contribution >= 0.6 is 0 Å². The van der Waals surface area contributed by atoms with Gasteiger partial charge in [-0.3, -0.25) is 9.78 Å². The zero-order valence-corrected chi connectivity index (χ0v) is 25.5. The number of anilines is 1. The first-order valence-corrected chi connectivity index (χ1v) is 14.9. The second-order valence-corrected chi connectivity index (χ2v) is 13.5. The fraction of sp³-hybridized carbons (Fsp3) is 0.289. The van der Waals surface area contributed by atoms with Crippen molar-refractivity contribution in [3.05, 3.63) is 114 Å². The number of hydrogen-bond donors (Lipinski definition) is 0. The van der Waals surface area contributed by atoms with Crippen molar-refractivity contribution in [2.75, 3.05) is 11.4 Å². The number of carbonyl (C=O) groups is 1. The van der Waals surface area contributed by atoms with E-state index in [9.17, 15) is 4.79 Å². The van der Waals surface area contributed by atoms with Crippen LogP contribution in [0.25, 0.3) is 33.8 Å². The van der Waals surface area contributed by atoms with Crippen LogP contribution in [0, 0.1) is 5.41 Å². The van der Waals surface area contributed by atoms with Crippen molar-refractivity contribution in [2.24, 2.45) is 5.41 Å². The summed E-state index contributed by atoms with van der Waals surface area (Å²) >= 11 is 0. The van der Waals surface area contributed by atoms with Gasteiger partial charge in [-0.15, -0.1) is 0 Å². The summed E-state index contributed by atoms with van der Waals surface area (Å²) in [6, 6.07) is 27.3. The van der Waals surface area contributed by atoms with Crippen LogP contribution in [0.4, 0.5) is 5.69 Å². The average molecular weight is 554 g/mol. The van der Waals surface area contributed by atoms with Gasteiger partial charge < -0.3 is 4.90 Å². The lowest BCUT2D eigenvalue weighted by Gasteiger charge is -2.31. The molecular formula is C38H39N3O. The minimum Gasteiger partial charge on any atom is -0.301 e. The molecule has 212 valence electrons. The van der Waals surface area contributed by atoms with Gasteiger partial charge in [0, 0.05) is 34.0 Å². The predicted octanol–water partition coefficient (Wildman–Crippen LogP) is 9.14. The van der Waals surface area contributed by atoms with E-state index in [1.165, 1.54) is 11.1 Å². The molecule has 4 aromatic rings. The lowest BCUT2D eigenvalue weighted by Crippen LogP contribution is -2.19. The van der Waals surface area contributed by atoms with E-state index in [4.69, 9.17) is 9.97 Å². The summed E-state index contributed by atoms with van der Waals surface area (Å²) < 4.78 is 0. The topological polar surface area (TPSA) is 45.9 Å². The first-order chi connectivity index (χ1) is 20.0. The largest absolute Gasteiger partial charge is 0.301 e. The number of nitrogens with zero attached hydrogens (tertiary/aromatic N) is 3. The zero-order chi connectivity index (χ0) is 29.6. The number of amides is 1. The van der Waals surface area contributed by atoms with E-state index in [0.29, 0.717) is 6.54 Å². The minimum absolute atomic E-state index is 0.00612. The summed E-state index contributed by atoms with van der Waals surface area (Å²) in [4.78, 5) is 24.4. The maximum absolute atomic E-state index is 12.2. The lowest BCUT2D eigenvalue weighted by atomic mass is 9.74. The Morgan fingerprint density at radius 1 is 0.738 bits per heavy atom. The van der Waals surface area contributed by atoms with Gasteiger partial charge in [0.15, 0.2) is 0 Å². The molecule has 4 nitrogen and oxygen atoms in total. The quantitative estimate of drug-likeness (QED) is 0.232. The van der Waals surface area contributed by atoms with Crippen LogP contribution in [0.3, 0.4) is 0 Å². The molecule has 1 aliphatic carbocycles. The Morgan fingerprint density at radius 3 is 2.05 bits per heavy atom. The molecule has 0 saturated carbocycles. The van der Waals surface area contributed by atoms with Crippen molar-refractivity contribution in [1.82, 2.24) is 9.97 Å². The first kappa shape index (κ1) is 27.8. The third-order valence-electron chi connectivity index (χ3n) is 8.22. The van der Waals surface area contributed by atoms with Crippen LogP contribution in [0.1, 0.15) is 65.1 Å². The Morgan fingerprint density at radius 2 is 1.38 bits per heavy atom. The van der Waals surface area contributed by atoms with E-state index in [1.807, 2.05) is 4.90 Å². The molecule has 0 radical (unpaired) electrons. The van der Waals surface area contributed by atoms with Crippen molar-refractivity contribution >= 4 is 11.6 Å². The van der Waals surface area contributed by atoms with Crippen molar-refractivity contribution in [1.29, 1.82) is 0 Å². The van der Waals surface area contributed by atoms with Crippen molar-refractivity contribution in [3.8, 4) is 33.8 Å². The molecule has 2 aromatic heterocycles. The number of carbonyl (C=O) groups excluding carboxylic acids is 1. The average Bonchev–Trinajstić information content (AvgIpc) is 3.72. The lowest BCUT2D eigenvalue weighted by molar-refractivity contribution is -0.109. The molecule has 4 heteroatoms. The number of allylic oxidation sites excluding steroid dienone is 4. The Balaban J connectivity index is 1.43. The van der Waals surface area contributed by atoms with Gasteiger partial charge in [-0.2, -0.15) is 0 Å². The van der Waals surface area contributed by atoms with Crippen molar-refractivity contribution < 1.29 is 4.79 Å². The van der Waals surface area contributed by atoms with Crippen LogP contribution in [0.15, 0.2) is 103 Å². The van der Waals surface area contributed by atoms with Gasteiger partial charge in [-0.05, 0) is 65.3 Å². The van der Waals surface area contributed by atoms with Crippen LogP contribution < -0.4 is 4.90 Å². The highest BCUT2D eigenvalue weighted by Crippen LogP contribution is 2.42. The summed E-state index contributed by atoms with van der Waals surface area (Å²) in [5.41, 5.74) is 10.5. The molecular weight excluding hydrogens is 514 g/mol. The monoisotopic (exact) mass is 553 g/mol. The van der Waals surface area contributed by atoms with Crippen molar-refractivity contribution in [2.45, 2.75) is 59.3 Å². The van der Waals surface area contributed by atoms with Gasteiger partial charge >= 0.3 is 0 Å². The van der Waals surface area contributed by atoms with Crippen LogP contribution in [0.2, 0.25) is 0 Å². The van der Waals surface area contributed by atoms with Crippen LogP contribution in [-0.4, -0.2) is 22.4 Å². The molecule has 2 aliphatic rings. The van der Waals surface area contributed by atoms with Gasteiger partial charge in [0.2, 0.25) is 5.91 Å². The van der Waals surface area contributed by atoms with E-state index in [2.05, 4.69) is 139 Å². The van der Waals surface area contributed by atoms with Crippen molar-refractivity contribution in [3.63, 3.8) is 0 Å².